The number of halogens is 1. The highest BCUT2D eigenvalue weighted by Crippen LogP contribution is 2.23. The molecule has 2 N–H and O–H groups in total. The first-order chi connectivity index (χ1) is 7.10. The van der Waals surface area contributed by atoms with Gasteiger partial charge in [0.05, 0.1) is 0 Å². The molecule has 1 aromatic rings. The number of nitrogens with two attached hydrogens (primary N) is 1. The van der Waals surface area contributed by atoms with E-state index in [1.807, 2.05) is 19.9 Å². The molecular weight excluding hydrogens is 254 g/mol. The van der Waals surface area contributed by atoms with Gasteiger partial charge in [0, 0.05) is 21.6 Å². The fourth-order valence-corrected chi connectivity index (χ4v) is 1.98. The van der Waals surface area contributed by atoms with Crippen LogP contribution in [0.2, 0.25) is 0 Å². The van der Waals surface area contributed by atoms with E-state index < -0.39 is 0 Å². The molecule has 0 unspecified atom stereocenters. The van der Waals surface area contributed by atoms with Crippen LogP contribution in [0.4, 0.5) is 5.69 Å². The number of benzene rings is 1. The summed E-state index contributed by atoms with van der Waals surface area (Å²) >= 11 is 3.35. The normalized spacial score (nSPS) is 10.7. The number of hydrogen-bond donors (Lipinski definition) is 1. The van der Waals surface area contributed by atoms with Gasteiger partial charge < -0.3 is 5.73 Å². The van der Waals surface area contributed by atoms with Crippen molar-refractivity contribution in [3.05, 3.63) is 28.2 Å². The summed E-state index contributed by atoms with van der Waals surface area (Å²) in [4.78, 5) is 12.1. The molecule has 15 heavy (non-hydrogen) atoms. The van der Waals surface area contributed by atoms with Crippen molar-refractivity contribution >= 4 is 27.4 Å². The summed E-state index contributed by atoms with van der Waals surface area (Å²) in [6.07, 6.45) is 1.72. The van der Waals surface area contributed by atoms with Crippen molar-refractivity contribution in [3.63, 3.8) is 0 Å². The quantitative estimate of drug-likeness (QED) is 0.670. The van der Waals surface area contributed by atoms with E-state index in [2.05, 4.69) is 15.9 Å². The van der Waals surface area contributed by atoms with Gasteiger partial charge in [0.15, 0.2) is 5.78 Å². The van der Waals surface area contributed by atoms with E-state index in [1.54, 1.807) is 12.1 Å². The lowest BCUT2D eigenvalue weighted by molar-refractivity contribution is 0.0914. The number of Topliss-reactive ketones (excluding diaryl/α,β-unsaturated/α-hetero) is 1. The van der Waals surface area contributed by atoms with Crippen molar-refractivity contribution in [2.45, 2.75) is 26.7 Å². The maximum absolute atomic E-state index is 12.1. The van der Waals surface area contributed by atoms with Gasteiger partial charge in [0.1, 0.15) is 0 Å². The van der Waals surface area contributed by atoms with Crippen molar-refractivity contribution in [3.8, 4) is 0 Å². The first-order valence-corrected chi connectivity index (χ1v) is 5.98. The Labute approximate surface area is 99.0 Å². The molecule has 0 bridgehead atoms. The zero-order valence-corrected chi connectivity index (χ0v) is 10.7. The molecule has 0 spiro atoms. The molecule has 1 rings (SSSR count). The van der Waals surface area contributed by atoms with E-state index in [4.69, 9.17) is 5.73 Å². The first-order valence-electron chi connectivity index (χ1n) is 5.19. The third-order valence-electron chi connectivity index (χ3n) is 2.64. The Morgan fingerprint density at radius 3 is 2.53 bits per heavy atom. The summed E-state index contributed by atoms with van der Waals surface area (Å²) in [5.41, 5.74) is 7.00. The predicted molar refractivity (Wildman–Crippen MR) is 67.0 cm³/mol. The second-order valence-electron chi connectivity index (χ2n) is 3.61. The van der Waals surface area contributed by atoms with Crippen LogP contribution in [0.25, 0.3) is 0 Å². The van der Waals surface area contributed by atoms with Crippen molar-refractivity contribution in [1.29, 1.82) is 0 Å². The third kappa shape index (κ3) is 2.81. The molecule has 0 aromatic heterocycles. The number of hydrogen-bond acceptors (Lipinski definition) is 2. The molecule has 0 atom stereocenters. The summed E-state index contributed by atoms with van der Waals surface area (Å²) in [6, 6.07) is 5.41. The van der Waals surface area contributed by atoms with Gasteiger partial charge in [-0.1, -0.05) is 29.8 Å². The maximum atomic E-state index is 12.1. The van der Waals surface area contributed by atoms with Crippen LogP contribution in [0, 0.1) is 5.92 Å². The molecule has 0 heterocycles. The highest BCUT2D eigenvalue weighted by Gasteiger charge is 2.18. The summed E-state index contributed by atoms with van der Waals surface area (Å²) in [6.45, 7) is 4.06. The Hall–Kier alpha value is -0.830. The van der Waals surface area contributed by atoms with Gasteiger partial charge in [-0.2, -0.15) is 0 Å². The Morgan fingerprint density at radius 1 is 1.40 bits per heavy atom. The van der Waals surface area contributed by atoms with Gasteiger partial charge in [-0.05, 0) is 31.0 Å². The predicted octanol–water partition coefficient (Wildman–Crippen LogP) is 3.65. The topological polar surface area (TPSA) is 43.1 Å². The van der Waals surface area contributed by atoms with Crippen molar-refractivity contribution in [2.75, 3.05) is 5.73 Å². The van der Waals surface area contributed by atoms with Crippen LogP contribution >= 0.6 is 15.9 Å². The number of rotatable bonds is 4. The van der Waals surface area contributed by atoms with Crippen LogP contribution in [0.15, 0.2) is 22.7 Å². The van der Waals surface area contributed by atoms with Gasteiger partial charge in [-0.3, -0.25) is 4.79 Å². The molecule has 1 aromatic carbocycles. The van der Waals surface area contributed by atoms with Crippen LogP contribution in [0.5, 0.6) is 0 Å². The molecular formula is C12H16BrNO. The van der Waals surface area contributed by atoms with Gasteiger partial charge in [-0.25, -0.2) is 0 Å². The van der Waals surface area contributed by atoms with Gasteiger partial charge in [0.25, 0.3) is 0 Å². The van der Waals surface area contributed by atoms with Gasteiger partial charge in [-0.15, -0.1) is 0 Å². The van der Waals surface area contributed by atoms with E-state index in [0.717, 1.165) is 17.3 Å². The molecule has 0 aliphatic rings. The Bertz CT molecular complexity index is 359. The highest BCUT2D eigenvalue weighted by atomic mass is 79.9. The van der Waals surface area contributed by atoms with Crippen molar-refractivity contribution in [1.82, 2.24) is 0 Å². The molecule has 0 aliphatic carbocycles. The lowest BCUT2D eigenvalue weighted by Gasteiger charge is -2.12. The lowest BCUT2D eigenvalue weighted by atomic mass is 9.92. The lowest BCUT2D eigenvalue weighted by Crippen LogP contribution is -2.14. The van der Waals surface area contributed by atoms with E-state index in [9.17, 15) is 4.79 Å². The summed E-state index contributed by atoms with van der Waals surface area (Å²) < 4.78 is 0.894. The third-order valence-corrected chi connectivity index (χ3v) is 3.13. The average Bonchev–Trinajstić information content (AvgIpc) is 2.23. The summed E-state index contributed by atoms with van der Waals surface area (Å²) in [5.74, 6) is 0.236. The molecule has 0 saturated carbocycles. The highest BCUT2D eigenvalue weighted by molar-refractivity contribution is 9.10. The smallest absolute Gasteiger partial charge is 0.168 e. The number of nitrogen functional groups attached to an aromatic ring is 1. The fraction of sp³-hybridized carbons (Fsp3) is 0.417. The molecule has 0 fully saturated rings. The van der Waals surface area contributed by atoms with Crippen LogP contribution in [0.3, 0.4) is 0 Å². The zero-order valence-electron chi connectivity index (χ0n) is 9.09. The van der Waals surface area contributed by atoms with Crippen LogP contribution in [-0.4, -0.2) is 5.78 Å². The SMILES string of the molecule is CCC(CC)C(=O)c1cc(Br)ccc1N. The van der Waals surface area contributed by atoms with E-state index in [-0.39, 0.29) is 11.7 Å². The minimum atomic E-state index is 0.0848. The van der Waals surface area contributed by atoms with E-state index in [1.165, 1.54) is 0 Å². The number of anilines is 1. The maximum Gasteiger partial charge on any atom is 0.168 e. The second kappa shape index (κ2) is 5.31. The average molecular weight is 270 g/mol. The molecule has 2 nitrogen and oxygen atoms in total. The van der Waals surface area contributed by atoms with Crippen LogP contribution in [0.1, 0.15) is 37.0 Å². The first kappa shape index (κ1) is 12.2. The van der Waals surface area contributed by atoms with Crippen LogP contribution < -0.4 is 5.73 Å². The molecule has 0 saturated heterocycles. The number of ketones is 1. The standard InChI is InChI=1S/C12H16BrNO/c1-3-8(4-2)12(15)10-7-9(13)5-6-11(10)14/h5-8H,3-4,14H2,1-2H3. The molecule has 3 heteroatoms. The largest absolute Gasteiger partial charge is 0.398 e. The summed E-state index contributed by atoms with van der Waals surface area (Å²) in [5, 5.41) is 0. The zero-order chi connectivity index (χ0) is 11.4. The minimum absolute atomic E-state index is 0.0848. The number of carbonyl (C=O) groups is 1. The molecule has 0 radical (unpaired) electrons. The summed E-state index contributed by atoms with van der Waals surface area (Å²) in [7, 11) is 0. The van der Waals surface area contributed by atoms with E-state index in [0.29, 0.717) is 11.3 Å². The molecule has 0 aliphatic heterocycles. The van der Waals surface area contributed by atoms with Gasteiger partial charge in [0.2, 0.25) is 0 Å². The Balaban J connectivity index is 3.04. The monoisotopic (exact) mass is 269 g/mol. The van der Waals surface area contributed by atoms with Crippen LogP contribution in [-0.2, 0) is 0 Å². The van der Waals surface area contributed by atoms with E-state index >= 15 is 0 Å². The van der Waals surface area contributed by atoms with Crippen molar-refractivity contribution in [2.24, 2.45) is 5.92 Å². The molecule has 0 amide bonds. The Kier molecular flexibility index (Phi) is 4.33. The minimum Gasteiger partial charge on any atom is -0.398 e. The van der Waals surface area contributed by atoms with Crippen molar-refractivity contribution < 1.29 is 4.79 Å². The fourth-order valence-electron chi connectivity index (χ4n) is 1.62. The number of carbonyl (C=O) groups excluding carboxylic acids is 1. The van der Waals surface area contributed by atoms with Gasteiger partial charge >= 0.3 is 0 Å². The molecule has 82 valence electrons. The Morgan fingerprint density at radius 2 is 2.00 bits per heavy atom. The second-order valence-corrected chi connectivity index (χ2v) is 4.52.